The van der Waals surface area contributed by atoms with Crippen molar-refractivity contribution in [3.05, 3.63) is 82.7 Å². The third kappa shape index (κ3) is 4.64. The number of pyridine rings is 2. The first kappa shape index (κ1) is 17.1. The molecule has 1 N–H and O–H groups in total. The van der Waals surface area contributed by atoms with Crippen LogP contribution in [0.4, 0.5) is 0 Å². The molecule has 3 rings (SSSR count). The van der Waals surface area contributed by atoms with E-state index in [4.69, 9.17) is 4.74 Å². The number of ether oxygens (including phenoxy) is 1. The number of benzene rings is 1. The number of hydrogen-bond donors (Lipinski definition) is 1. The summed E-state index contributed by atoms with van der Waals surface area (Å²) in [6.45, 7) is 1.91. The third-order valence-corrected chi connectivity index (χ3v) is 4.04. The monoisotopic (exact) mass is 397 g/mol. The predicted molar refractivity (Wildman–Crippen MR) is 98.6 cm³/mol. The van der Waals surface area contributed by atoms with Crippen LogP contribution in [0.25, 0.3) is 0 Å². The minimum Gasteiger partial charge on any atom is -0.439 e. The Morgan fingerprint density at radius 2 is 2.04 bits per heavy atom. The van der Waals surface area contributed by atoms with Gasteiger partial charge >= 0.3 is 0 Å². The Labute approximate surface area is 154 Å². The molecule has 0 radical (unpaired) electrons. The van der Waals surface area contributed by atoms with Crippen molar-refractivity contribution in [3.8, 4) is 11.6 Å². The Balaban J connectivity index is 1.64. The summed E-state index contributed by atoms with van der Waals surface area (Å²) in [6, 6.07) is 14.5. The van der Waals surface area contributed by atoms with Crippen LogP contribution in [0.2, 0.25) is 0 Å². The zero-order chi connectivity index (χ0) is 17.6. The van der Waals surface area contributed by atoms with E-state index in [0.29, 0.717) is 17.2 Å². The average Bonchev–Trinajstić information content (AvgIpc) is 2.63. The maximum Gasteiger partial charge on any atom is 0.253 e. The molecule has 2 heterocycles. The summed E-state index contributed by atoms with van der Waals surface area (Å²) in [4.78, 5) is 20.6. The fourth-order valence-electron chi connectivity index (χ4n) is 2.22. The lowest BCUT2D eigenvalue weighted by Crippen LogP contribution is -2.26. The molecule has 6 heteroatoms. The Hall–Kier alpha value is -2.73. The number of halogens is 1. The lowest BCUT2D eigenvalue weighted by atomic mass is 10.1. The summed E-state index contributed by atoms with van der Waals surface area (Å²) >= 11 is 3.39. The maximum atomic E-state index is 12.3. The Morgan fingerprint density at radius 3 is 2.72 bits per heavy atom. The molecule has 0 bridgehead atoms. The van der Waals surface area contributed by atoms with E-state index in [1.54, 1.807) is 24.5 Å². The molecule has 25 heavy (non-hydrogen) atoms. The molecule has 3 aromatic rings. The Bertz CT molecular complexity index is 854. The van der Waals surface area contributed by atoms with Crippen LogP contribution in [0, 0.1) is 0 Å². The van der Waals surface area contributed by atoms with Gasteiger partial charge in [0.2, 0.25) is 5.88 Å². The molecule has 0 saturated heterocycles. The lowest BCUT2D eigenvalue weighted by molar-refractivity contribution is 0.0939. The number of carbonyl (C=O) groups excluding carboxylic acids is 1. The van der Waals surface area contributed by atoms with Gasteiger partial charge in [0.05, 0.1) is 11.6 Å². The molecule has 1 amide bonds. The van der Waals surface area contributed by atoms with Crippen LogP contribution in [0.3, 0.4) is 0 Å². The normalized spacial score (nSPS) is 11.6. The summed E-state index contributed by atoms with van der Waals surface area (Å²) in [5.74, 6) is 0.900. The van der Waals surface area contributed by atoms with Gasteiger partial charge in [0.15, 0.2) is 0 Å². The van der Waals surface area contributed by atoms with Crippen LogP contribution in [0.1, 0.15) is 28.9 Å². The first-order chi connectivity index (χ1) is 12.1. The molecule has 2 aromatic heterocycles. The van der Waals surface area contributed by atoms with E-state index in [9.17, 15) is 4.79 Å². The molecule has 1 atom stereocenters. The molecule has 0 aliphatic carbocycles. The zero-order valence-electron chi connectivity index (χ0n) is 13.5. The summed E-state index contributed by atoms with van der Waals surface area (Å²) < 4.78 is 6.58. The van der Waals surface area contributed by atoms with Crippen molar-refractivity contribution in [2.75, 3.05) is 0 Å². The molecule has 0 fully saturated rings. The zero-order valence-corrected chi connectivity index (χ0v) is 15.1. The molecule has 126 valence electrons. The Morgan fingerprint density at radius 1 is 1.16 bits per heavy atom. The van der Waals surface area contributed by atoms with Gasteiger partial charge in [-0.1, -0.05) is 28.1 Å². The second-order valence-electron chi connectivity index (χ2n) is 5.43. The van der Waals surface area contributed by atoms with Crippen LogP contribution in [0.5, 0.6) is 11.6 Å². The molecule has 0 saturated carbocycles. The van der Waals surface area contributed by atoms with E-state index in [1.165, 1.54) is 6.20 Å². The van der Waals surface area contributed by atoms with Crippen LogP contribution in [-0.4, -0.2) is 15.9 Å². The van der Waals surface area contributed by atoms with Gasteiger partial charge in [-0.15, -0.1) is 0 Å². The first-order valence-electron chi connectivity index (χ1n) is 7.72. The van der Waals surface area contributed by atoms with Crippen molar-refractivity contribution in [2.24, 2.45) is 0 Å². The number of amides is 1. The van der Waals surface area contributed by atoms with Crippen molar-refractivity contribution in [1.29, 1.82) is 0 Å². The van der Waals surface area contributed by atoms with Gasteiger partial charge in [-0.05, 0) is 42.8 Å². The molecular weight excluding hydrogens is 382 g/mol. The van der Waals surface area contributed by atoms with Crippen molar-refractivity contribution in [3.63, 3.8) is 0 Å². The fourth-order valence-corrected chi connectivity index (χ4v) is 2.60. The van der Waals surface area contributed by atoms with Crippen LogP contribution in [0.15, 0.2) is 71.6 Å². The fraction of sp³-hybridized carbons (Fsp3) is 0.105. The van der Waals surface area contributed by atoms with Gasteiger partial charge in [0.1, 0.15) is 5.75 Å². The smallest absolute Gasteiger partial charge is 0.253 e. The van der Waals surface area contributed by atoms with Crippen LogP contribution < -0.4 is 10.1 Å². The first-order valence-corrected chi connectivity index (χ1v) is 8.51. The molecular formula is C19H16BrN3O2. The number of carbonyl (C=O) groups is 1. The minimum absolute atomic E-state index is 0.140. The van der Waals surface area contributed by atoms with Gasteiger partial charge in [-0.2, -0.15) is 0 Å². The highest BCUT2D eigenvalue weighted by Crippen LogP contribution is 2.23. The summed E-state index contributed by atoms with van der Waals surface area (Å²) in [6.07, 6.45) is 4.93. The largest absolute Gasteiger partial charge is 0.439 e. The van der Waals surface area contributed by atoms with Gasteiger partial charge in [0, 0.05) is 29.1 Å². The van der Waals surface area contributed by atoms with Crippen molar-refractivity contribution >= 4 is 21.8 Å². The van der Waals surface area contributed by atoms with E-state index in [-0.39, 0.29) is 11.9 Å². The highest BCUT2D eigenvalue weighted by molar-refractivity contribution is 9.10. The topological polar surface area (TPSA) is 64.1 Å². The molecule has 5 nitrogen and oxygen atoms in total. The van der Waals surface area contributed by atoms with E-state index in [0.717, 1.165) is 10.0 Å². The van der Waals surface area contributed by atoms with Gasteiger partial charge in [0.25, 0.3) is 5.91 Å². The highest BCUT2D eigenvalue weighted by Gasteiger charge is 2.12. The maximum absolute atomic E-state index is 12.3. The van der Waals surface area contributed by atoms with Crippen molar-refractivity contribution < 1.29 is 9.53 Å². The molecule has 0 spiro atoms. The number of aromatic nitrogens is 2. The van der Waals surface area contributed by atoms with Crippen LogP contribution >= 0.6 is 15.9 Å². The number of hydrogen-bond acceptors (Lipinski definition) is 4. The van der Waals surface area contributed by atoms with Gasteiger partial charge in [-0.3, -0.25) is 9.78 Å². The van der Waals surface area contributed by atoms with E-state index < -0.39 is 0 Å². The van der Waals surface area contributed by atoms with E-state index in [2.05, 4.69) is 31.2 Å². The SMILES string of the molecule is CC(NC(=O)c1ccc(Oc2cccc(Br)c2)nc1)c1cccnc1. The molecule has 0 aliphatic heterocycles. The minimum atomic E-state index is -0.196. The quantitative estimate of drug-likeness (QED) is 0.686. The number of nitrogens with zero attached hydrogens (tertiary/aromatic N) is 2. The number of nitrogens with one attached hydrogen (secondary N) is 1. The number of rotatable bonds is 5. The van der Waals surface area contributed by atoms with Crippen molar-refractivity contribution in [2.45, 2.75) is 13.0 Å². The van der Waals surface area contributed by atoms with E-state index in [1.807, 2.05) is 43.3 Å². The second kappa shape index (κ2) is 7.90. The summed E-state index contributed by atoms with van der Waals surface area (Å²) in [7, 11) is 0. The summed E-state index contributed by atoms with van der Waals surface area (Å²) in [5.41, 5.74) is 1.41. The Kier molecular flexibility index (Phi) is 5.40. The van der Waals surface area contributed by atoms with Gasteiger partial charge < -0.3 is 10.1 Å². The van der Waals surface area contributed by atoms with Crippen molar-refractivity contribution in [1.82, 2.24) is 15.3 Å². The van der Waals surface area contributed by atoms with Gasteiger partial charge in [-0.25, -0.2) is 4.98 Å². The summed E-state index contributed by atoms with van der Waals surface area (Å²) in [5, 5.41) is 2.92. The predicted octanol–water partition coefficient (Wildman–Crippen LogP) is 4.52. The average molecular weight is 398 g/mol. The molecule has 0 aliphatic rings. The van der Waals surface area contributed by atoms with Crippen LogP contribution in [-0.2, 0) is 0 Å². The molecule has 1 aromatic carbocycles. The standard InChI is InChI=1S/C19H16BrN3O2/c1-13(14-4-3-9-21-11-14)23-19(24)15-7-8-18(22-12-15)25-17-6-2-5-16(20)10-17/h2-13H,1H3,(H,23,24). The molecule has 1 unspecified atom stereocenters. The highest BCUT2D eigenvalue weighted by atomic mass is 79.9. The third-order valence-electron chi connectivity index (χ3n) is 3.55. The lowest BCUT2D eigenvalue weighted by Gasteiger charge is -2.14. The second-order valence-corrected chi connectivity index (χ2v) is 6.34. The van der Waals surface area contributed by atoms with E-state index >= 15 is 0 Å².